The Hall–Kier alpha value is -2.55. The number of carbonyl (C=O) groups excluding carboxylic acids is 2. The summed E-state index contributed by atoms with van der Waals surface area (Å²) in [5.41, 5.74) is 2.84. The van der Waals surface area contributed by atoms with Crippen LogP contribution >= 0.6 is 12.4 Å². The summed E-state index contributed by atoms with van der Waals surface area (Å²) in [5, 5.41) is 1.01. The molecule has 1 aliphatic heterocycles. The first-order chi connectivity index (χ1) is 9.15. The van der Waals surface area contributed by atoms with Gasteiger partial charge in [0.15, 0.2) is 5.82 Å². The molecule has 20 heavy (non-hydrogen) atoms. The lowest BCUT2D eigenvalue weighted by atomic mass is 10.3. The van der Waals surface area contributed by atoms with Crippen LogP contribution in [-0.4, -0.2) is 37.5 Å². The lowest BCUT2D eigenvalue weighted by Gasteiger charge is -2.26. The summed E-state index contributed by atoms with van der Waals surface area (Å²) in [6.07, 6.45) is -0.204. The molecule has 0 spiro atoms. The Morgan fingerprint density at radius 3 is 2.70 bits per heavy atom. The third-order valence-electron chi connectivity index (χ3n) is 2.13. The molecule has 2 heterocycles. The quantitative estimate of drug-likeness (QED) is 0.722. The minimum Gasteiger partial charge on any atom is -0.451 e. The van der Waals surface area contributed by atoms with E-state index in [0.29, 0.717) is 5.69 Å². The Kier molecular flexibility index (Phi) is 5.09. The second-order valence-corrected chi connectivity index (χ2v) is 3.24. The average Bonchev–Trinajstić information content (AvgIpc) is 2.45. The fourth-order valence-corrected chi connectivity index (χ4v) is 1.33. The first-order valence-electron chi connectivity index (χ1n) is 5.10. The summed E-state index contributed by atoms with van der Waals surface area (Å²) in [5.74, 6) is 0.200. The summed E-state index contributed by atoms with van der Waals surface area (Å²) in [4.78, 5) is 30.5. The molecule has 0 saturated carbocycles. The Balaban J connectivity index is 0.00000200. The minimum absolute atomic E-state index is 0. The number of halogens is 1. The van der Waals surface area contributed by atoms with E-state index in [2.05, 4.69) is 24.9 Å². The number of nitrogens with one attached hydrogen (secondary N) is 1. The van der Waals surface area contributed by atoms with Gasteiger partial charge in [0.1, 0.15) is 5.69 Å². The number of hydrogen-bond acceptors (Lipinski definition) is 8. The summed E-state index contributed by atoms with van der Waals surface area (Å²) < 4.78 is 13.6. The first kappa shape index (κ1) is 15.5. The highest BCUT2D eigenvalue weighted by atomic mass is 35.5. The number of amides is 1. The van der Waals surface area contributed by atoms with Crippen LogP contribution in [0, 0.1) is 0 Å². The van der Waals surface area contributed by atoms with Crippen molar-refractivity contribution in [1.29, 1.82) is 0 Å². The first-order valence-corrected chi connectivity index (χ1v) is 5.10. The van der Waals surface area contributed by atoms with Crippen LogP contribution in [0.3, 0.4) is 0 Å². The SMILES string of the molecule is COC(=O)OC1=Nc2ncccc2N(C(=O)OC)N1.Cl. The van der Waals surface area contributed by atoms with Crippen LogP contribution in [0.4, 0.5) is 21.1 Å². The van der Waals surface area contributed by atoms with Crippen molar-refractivity contribution in [3.8, 4) is 0 Å². The van der Waals surface area contributed by atoms with E-state index < -0.39 is 12.2 Å². The monoisotopic (exact) mass is 302 g/mol. The molecule has 1 amide bonds. The molecule has 2 rings (SSSR count). The van der Waals surface area contributed by atoms with Crippen molar-refractivity contribution in [3.63, 3.8) is 0 Å². The van der Waals surface area contributed by atoms with Crippen LogP contribution in [0.15, 0.2) is 23.3 Å². The second-order valence-electron chi connectivity index (χ2n) is 3.24. The average molecular weight is 303 g/mol. The lowest BCUT2D eigenvalue weighted by Crippen LogP contribution is -2.49. The van der Waals surface area contributed by atoms with Crippen LogP contribution in [0.5, 0.6) is 0 Å². The third-order valence-corrected chi connectivity index (χ3v) is 2.13. The molecule has 9 nitrogen and oxygen atoms in total. The van der Waals surface area contributed by atoms with Gasteiger partial charge in [0.2, 0.25) is 0 Å². The zero-order valence-electron chi connectivity index (χ0n) is 10.5. The molecule has 1 N–H and O–H groups in total. The summed E-state index contributed by atoms with van der Waals surface area (Å²) in [6.45, 7) is 0. The number of ether oxygens (including phenoxy) is 3. The van der Waals surface area contributed by atoms with Crippen molar-refractivity contribution in [1.82, 2.24) is 10.4 Å². The molecule has 1 aromatic heterocycles. The minimum atomic E-state index is -0.976. The smallest absolute Gasteiger partial charge is 0.451 e. The molecular weight excluding hydrogens is 292 g/mol. The lowest BCUT2D eigenvalue weighted by molar-refractivity contribution is 0.115. The zero-order chi connectivity index (χ0) is 13.8. The van der Waals surface area contributed by atoms with Gasteiger partial charge in [-0.15, -0.1) is 12.4 Å². The van der Waals surface area contributed by atoms with Gasteiger partial charge in [-0.05, 0) is 12.1 Å². The van der Waals surface area contributed by atoms with Gasteiger partial charge in [0, 0.05) is 6.20 Å². The second kappa shape index (κ2) is 6.57. The normalized spacial score (nSPS) is 12.1. The molecule has 108 valence electrons. The fourth-order valence-electron chi connectivity index (χ4n) is 1.33. The summed E-state index contributed by atoms with van der Waals surface area (Å²) in [6, 6.07) is 2.98. The van der Waals surface area contributed by atoms with E-state index in [-0.39, 0.29) is 24.2 Å². The molecule has 0 atom stereocenters. The van der Waals surface area contributed by atoms with Crippen molar-refractivity contribution in [3.05, 3.63) is 18.3 Å². The molecule has 0 aliphatic carbocycles. The molecule has 0 aromatic carbocycles. The van der Waals surface area contributed by atoms with Crippen LogP contribution in [0.25, 0.3) is 0 Å². The van der Waals surface area contributed by atoms with Crippen LogP contribution < -0.4 is 10.4 Å². The maximum Gasteiger partial charge on any atom is 0.516 e. The van der Waals surface area contributed by atoms with E-state index in [1.54, 1.807) is 12.1 Å². The van der Waals surface area contributed by atoms with Crippen molar-refractivity contribution < 1.29 is 23.8 Å². The number of hydrazine groups is 1. The van der Waals surface area contributed by atoms with Gasteiger partial charge in [-0.3, -0.25) is 0 Å². The van der Waals surface area contributed by atoms with Crippen molar-refractivity contribution in [2.45, 2.75) is 0 Å². The van der Waals surface area contributed by atoms with Gasteiger partial charge in [0.25, 0.3) is 0 Å². The van der Waals surface area contributed by atoms with E-state index in [9.17, 15) is 9.59 Å². The molecule has 0 unspecified atom stereocenters. The molecule has 0 fully saturated rings. The van der Waals surface area contributed by atoms with Crippen LogP contribution in [-0.2, 0) is 14.2 Å². The number of hydrogen-bond donors (Lipinski definition) is 1. The van der Waals surface area contributed by atoms with E-state index in [4.69, 9.17) is 4.74 Å². The Bertz CT molecular complexity index is 550. The highest BCUT2D eigenvalue weighted by molar-refractivity contribution is 5.99. The van der Waals surface area contributed by atoms with Gasteiger partial charge in [-0.25, -0.2) is 20.0 Å². The van der Waals surface area contributed by atoms with Crippen molar-refractivity contribution >= 4 is 42.2 Å². The van der Waals surface area contributed by atoms with Crippen molar-refractivity contribution in [2.75, 3.05) is 19.2 Å². The van der Waals surface area contributed by atoms with E-state index in [0.717, 1.165) is 12.1 Å². The number of aliphatic imine (C=N–C) groups is 1. The number of anilines is 1. The summed E-state index contributed by atoms with van der Waals surface area (Å²) in [7, 11) is 2.36. The highest BCUT2D eigenvalue weighted by Crippen LogP contribution is 2.28. The predicted molar refractivity (Wildman–Crippen MR) is 70.1 cm³/mol. The number of carbonyl (C=O) groups is 2. The number of aromatic nitrogens is 1. The van der Waals surface area contributed by atoms with E-state index in [1.165, 1.54) is 13.3 Å². The molecule has 0 saturated heterocycles. The Labute approximate surface area is 119 Å². The largest absolute Gasteiger partial charge is 0.516 e. The van der Waals surface area contributed by atoms with Gasteiger partial charge < -0.3 is 14.2 Å². The molecular formula is C10H11ClN4O5. The molecule has 10 heteroatoms. The Morgan fingerprint density at radius 1 is 1.30 bits per heavy atom. The maximum absolute atomic E-state index is 11.6. The molecule has 1 aromatic rings. The number of pyridine rings is 1. The van der Waals surface area contributed by atoms with Crippen LogP contribution in [0.1, 0.15) is 0 Å². The standard InChI is InChI=1S/C10H10N4O5.ClH/c1-17-9(15)14-6-4-3-5-11-7(6)12-8(13-14)19-10(16)18-2;/h3-5H,1-2H3,(H,11,12,13);1H. The third kappa shape index (κ3) is 3.06. The van der Waals surface area contributed by atoms with Crippen molar-refractivity contribution in [2.24, 2.45) is 4.99 Å². The zero-order valence-corrected chi connectivity index (χ0v) is 11.3. The number of nitrogens with zero attached hydrogens (tertiary/aromatic N) is 3. The van der Waals surface area contributed by atoms with Gasteiger partial charge >= 0.3 is 18.3 Å². The Morgan fingerprint density at radius 2 is 2.05 bits per heavy atom. The maximum atomic E-state index is 11.6. The predicted octanol–water partition coefficient (Wildman–Crippen LogP) is 1.36. The van der Waals surface area contributed by atoms with Gasteiger partial charge in [-0.1, -0.05) is 0 Å². The molecule has 0 radical (unpaired) electrons. The topological polar surface area (TPSA) is 102 Å². The van der Waals surface area contributed by atoms with Gasteiger partial charge in [-0.2, -0.15) is 10.0 Å². The van der Waals surface area contributed by atoms with E-state index >= 15 is 0 Å². The fraction of sp³-hybridized carbons (Fsp3) is 0.200. The summed E-state index contributed by atoms with van der Waals surface area (Å²) >= 11 is 0. The number of fused-ring (bicyclic) bond motifs is 1. The number of rotatable bonds is 0. The molecule has 0 bridgehead atoms. The van der Waals surface area contributed by atoms with Crippen LogP contribution in [0.2, 0.25) is 0 Å². The molecule has 1 aliphatic rings. The van der Waals surface area contributed by atoms with Gasteiger partial charge in [0.05, 0.1) is 14.2 Å². The van der Waals surface area contributed by atoms with E-state index in [1.807, 2.05) is 0 Å². The highest BCUT2D eigenvalue weighted by Gasteiger charge is 2.27. The number of amidine groups is 1. The number of methoxy groups -OCH3 is 2.